The SMILES string of the molecule is COc1cc([N+](=O)[O-])ccc1NC(=O)Nc1cc(C)ccc1C. The van der Waals surface area contributed by atoms with Crippen molar-refractivity contribution in [3.63, 3.8) is 0 Å². The van der Waals surface area contributed by atoms with Gasteiger partial charge in [0.1, 0.15) is 5.75 Å². The molecule has 0 saturated carbocycles. The van der Waals surface area contributed by atoms with E-state index in [1.165, 1.54) is 25.3 Å². The number of ether oxygens (including phenoxy) is 1. The standard InChI is InChI=1S/C16H17N3O4/c1-10-4-5-11(2)14(8-10)18-16(20)17-13-7-6-12(19(21)22)9-15(13)23-3/h4-9H,1-3H3,(H2,17,18,20). The van der Waals surface area contributed by atoms with Crippen LogP contribution in [-0.4, -0.2) is 18.1 Å². The van der Waals surface area contributed by atoms with Crippen LogP contribution in [0.4, 0.5) is 21.9 Å². The number of nitrogens with zero attached hydrogens (tertiary/aromatic N) is 1. The van der Waals surface area contributed by atoms with Crippen LogP contribution >= 0.6 is 0 Å². The summed E-state index contributed by atoms with van der Waals surface area (Å²) in [5.41, 5.74) is 2.90. The number of anilines is 2. The molecule has 120 valence electrons. The van der Waals surface area contributed by atoms with Crippen LogP contribution in [0.25, 0.3) is 0 Å². The minimum Gasteiger partial charge on any atom is -0.494 e. The van der Waals surface area contributed by atoms with Crippen molar-refractivity contribution >= 4 is 23.1 Å². The van der Waals surface area contributed by atoms with E-state index in [4.69, 9.17) is 4.74 Å². The number of carbonyl (C=O) groups excluding carboxylic acids is 1. The molecular weight excluding hydrogens is 298 g/mol. The number of benzene rings is 2. The maximum Gasteiger partial charge on any atom is 0.323 e. The number of nitro groups is 1. The lowest BCUT2D eigenvalue weighted by molar-refractivity contribution is -0.384. The van der Waals surface area contributed by atoms with E-state index in [1.807, 2.05) is 32.0 Å². The molecule has 2 rings (SSSR count). The summed E-state index contributed by atoms with van der Waals surface area (Å²) in [5.74, 6) is 0.218. The third-order valence-corrected chi connectivity index (χ3v) is 3.29. The van der Waals surface area contributed by atoms with Gasteiger partial charge in [-0.05, 0) is 37.1 Å². The van der Waals surface area contributed by atoms with E-state index < -0.39 is 11.0 Å². The van der Waals surface area contributed by atoms with Crippen molar-refractivity contribution < 1.29 is 14.5 Å². The minimum absolute atomic E-state index is 0.109. The van der Waals surface area contributed by atoms with Gasteiger partial charge < -0.3 is 15.4 Å². The number of methoxy groups -OCH3 is 1. The van der Waals surface area contributed by atoms with E-state index in [2.05, 4.69) is 10.6 Å². The van der Waals surface area contributed by atoms with Crippen LogP contribution in [0.1, 0.15) is 11.1 Å². The van der Waals surface area contributed by atoms with Crippen LogP contribution in [0.3, 0.4) is 0 Å². The number of carbonyl (C=O) groups is 1. The Labute approximate surface area is 133 Å². The first kappa shape index (κ1) is 16.3. The van der Waals surface area contributed by atoms with Crippen molar-refractivity contribution in [2.24, 2.45) is 0 Å². The van der Waals surface area contributed by atoms with E-state index in [-0.39, 0.29) is 11.4 Å². The van der Waals surface area contributed by atoms with Gasteiger partial charge in [-0.1, -0.05) is 12.1 Å². The maximum atomic E-state index is 12.1. The lowest BCUT2D eigenvalue weighted by Crippen LogP contribution is -2.20. The molecule has 0 aromatic heterocycles. The molecule has 0 unspecified atom stereocenters. The lowest BCUT2D eigenvalue weighted by atomic mass is 10.1. The second-order valence-corrected chi connectivity index (χ2v) is 5.04. The van der Waals surface area contributed by atoms with Gasteiger partial charge in [-0.2, -0.15) is 0 Å². The number of aryl methyl sites for hydroxylation is 2. The molecule has 7 nitrogen and oxygen atoms in total. The van der Waals surface area contributed by atoms with Crippen molar-refractivity contribution in [2.45, 2.75) is 13.8 Å². The average molecular weight is 315 g/mol. The molecule has 7 heteroatoms. The number of rotatable bonds is 4. The summed E-state index contributed by atoms with van der Waals surface area (Å²) in [5, 5.41) is 16.1. The quantitative estimate of drug-likeness (QED) is 0.661. The van der Waals surface area contributed by atoms with E-state index in [0.717, 1.165) is 11.1 Å². The predicted molar refractivity (Wildman–Crippen MR) is 88.2 cm³/mol. The van der Waals surface area contributed by atoms with Crippen LogP contribution in [0.5, 0.6) is 5.75 Å². The second kappa shape index (κ2) is 6.78. The van der Waals surface area contributed by atoms with Crippen molar-refractivity contribution in [2.75, 3.05) is 17.7 Å². The van der Waals surface area contributed by atoms with Gasteiger partial charge in [-0.15, -0.1) is 0 Å². The molecule has 0 bridgehead atoms. The monoisotopic (exact) mass is 315 g/mol. The average Bonchev–Trinajstić information content (AvgIpc) is 2.51. The van der Waals surface area contributed by atoms with E-state index >= 15 is 0 Å². The number of nitrogens with one attached hydrogen (secondary N) is 2. The fourth-order valence-electron chi connectivity index (χ4n) is 2.04. The molecule has 2 aromatic carbocycles. The Bertz CT molecular complexity index is 759. The molecule has 0 aliphatic rings. The highest BCUT2D eigenvalue weighted by molar-refractivity contribution is 6.01. The molecule has 0 saturated heterocycles. The summed E-state index contributed by atoms with van der Waals surface area (Å²) < 4.78 is 5.08. The first-order valence-electron chi connectivity index (χ1n) is 6.88. The number of hydrogen-bond donors (Lipinski definition) is 2. The van der Waals surface area contributed by atoms with Gasteiger partial charge in [0.05, 0.1) is 23.8 Å². The smallest absolute Gasteiger partial charge is 0.323 e. The van der Waals surface area contributed by atoms with Gasteiger partial charge in [0.25, 0.3) is 5.69 Å². The number of non-ortho nitro benzene ring substituents is 1. The zero-order valence-electron chi connectivity index (χ0n) is 13.0. The lowest BCUT2D eigenvalue weighted by Gasteiger charge is -2.12. The third kappa shape index (κ3) is 3.97. The van der Waals surface area contributed by atoms with Gasteiger partial charge in [0.2, 0.25) is 0 Å². The van der Waals surface area contributed by atoms with Crippen LogP contribution in [0.15, 0.2) is 36.4 Å². The molecule has 2 amide bonds. The summed E-state index contributed by atoms with van der Waals surface area (Å²) >= 11 is 0. The highest BCUT2D eigenvalue weighted by Gasteiger charge is 2.13. The van der Waals surface area contributed by atoms with E-state index in [1.54, 1.807) is 0 Å². The zero-order valence-corrected chi connectivity index (χ0v) is 13.0. The van der Waals surface area contributed by atoms with Crippen molar-refractivity contribution in [1.29, 1.82) is 0 Å². The van der Waals surface area contributed by atoms with Gasteiger partial charge in [-0.25, -0.2) is 4.79 Å². The fraction of sp³-hybridized carbons (Fsp3) is 0.188. The highest BCUT2D eigenvalue weighted by atomic mass is 16.6. The number of amides is 2. The third-order valence-electron chi connectivity index (χ3n) is 3.29. The molecule has 23 heavy (non-hydrogen) atoms. The molecule has 0 fully saturated rings. The van der Waals surface area contributed by atoms with Gasteiger partial charge in [-0.3, -0.25) is 10.1 Å². The Morgan fingerprint density at radius 3 is 2.43 bits per heavy atom. The molecule has 0 atom stereocenters. The summed E-state index contributed by atoms with van der Waals surface area (Å²) in [6.07, 6.45) is 0. The topological polar surface area (TPSA) is 93.5 Å². The number of nitro benzene ring substituents is 1. The van der Waals surface area contributed by atoms with Crippen LogP contribution in [0.2, 0.25) is 0 Å². The summed E-state index contributed by atoms with van der Waals surface area (Å²) in [4.78, 5) is 22.4. The Hall–Kier alpha value is -3.09. The van der Waals surface area contributed by atoms with Crippen molar-refractivity contribution in [3.05, 3.63) is 57.6 Å². The van der Waals surface area contributed by atoms with Crippen LogP contribution < -0.4 is 15.4 Å². The molecular formula is C16H17N3O4. The molecule has 0 aliphatic heterocycles. The van der Waals surface area contributed by atoms with E-state index in [9.17, 15) is 14.9 Å². The number of hydrogen-bond acceptors (Lipinski definition) is 4. The maximum absolute atomic E-state index is 12.1. The Morgan fingerprint density at radius 1 is 1.09 bits per heavy atom. The highest BCUT2D eigenvalue weighted by Crippen LogP contribution is 2.29. The molecule has 0 spiro atoms. The molecule has 2 N–H and O–H groups in total. The Balaban J connectivity index is 2.17. The molecule has 2 aromatic rings. The number of urea groups is 1. The van der Waals surface area contributed by atoms with Crippen molar-refractivity contribution in [1.82, 2.24) is 0 Å². The zero-order chi connectivity index (χ0) is 17.0. The van der Waals surface area contributed by atoms with Gasteiger partial charge in [0, 0.05) is 11.8 Å². The van der Waals surface area contributed by atoms with E-state index in [0.29, 0.717) is 11.4 Å². The molecule has 0 heterocycles. The second-order valence-electron chi connectivity index (χ2n) is 5.04. The minimum atomic E-state index is -0.525. The fourth-order valence-corrected chi connectivity index (χ4v) is 2.04. The Morgan fingerprint density at radius 2 is 1.78 bits per heavy atom. The summed E-state index contributed by atoms with van der Waals surface area (Å²) in [6.45, 7) is 3.82. The van der Waals surface area contributed by atoms with Gasteiger partial charge in [0.15, 0.2) is 0 Å². The largest absolute Gasteiger partial charge is 0.494 e. The predicted octanol–water partition coefficient (Wildman–Crippen LogP) is 3.86. The summed E-state index contributed by atoms with van der Waals surface area (Å²) in [7, 11) is 1.38. The first-order chi connectivity index (χ1) is 10.9. The van der Waals surface area contributed by atoms with Crippen molar-refractivity contribution in [3.8, 4) is 5.75 Å². The Kier molecular flexibility index (Phi) is 4.80. The van der Waals surface area contributed by atoms with Crippen LogP contribution in [-0.2, 0) is 0 Å². The van der Waals surface area contributed by atoms with Crippen LogP contribution in [0, 0.1) is 24.0 Å². The molecule has 0 aliphatic carbocycles. The van der Waals surface area contributed by atoms with Gasteiger partial charge >= 0.3 is 6.03 Å². The molecule has 0 radical (unpaired) electrons. The first-order valence-corrected chi connectivity index (χ1v) is 6.88. The summed E-state index contributed by atoms with van der Waals surface area (Å²) in [6, 6.07) is 9.27. The normalized spacial score (nSPS) is 10.0.